The molecule has 0 aliphatic carbocycles. The first-order valence-corrected chi connectivity index (χ1v) is 8.24. The number of anilines is 1. The van der Waals surface area contributed by atoms with Crippen LogP contribution in [0.15, 0.2) is 22.4 Å². The first-order chi connectivity index (χ1) is 9.33. The zero-order valence-electron chi connectivity index (χ0n) is 10.0. The Kier molecular flexibility index (Phi) is 4.20. The summed E-state index contributed by atoms with van der Waals surface area (Å²) in [6.07, 6.45) is 0. The number of hydrogen-bond acceptors (Lipinski definition) is 5. The monoisotopic (exact) mass is 347 g/mol. The zero-order valence-corrected chi connectivity index (χ0v) is 13.2. The lowest BCUT2D eigenvalue weighted by atomic mass is 10.2. The normalized spacial score (nSPS) is 11.1. The molecule has 1 aromatic heterocycles. The minimum atomic E-state index is -3.84. The van der Waals surface area contributed by atoms with Crippen LogP contribution in [0.25, 0.3) is 0 Å². The van der Waals surface area contributed by atoms with Crippen molar-refractivity contribution >= 4 is 50.2 Å². The van der Waals surface area contributed by atoms with Crippen molar-refractivity contribution in [3.05, 3.63) is 38.9 Å². The number of nitrogens with zero attached hydrogens (tertiary/aromatic N) is 2. The molecule has 2 aromatic rings. The highest BCUT2D eigenvalue weighted by Crippen LogP contribution is 2.30. The molecule has 0 saturated carbocycles. The van der Waals surface area contributed by atoms with E-state index in [1.807, 2.05) is 6.07 Å². The van der Waals surface area contributed by atoms with Gasteiger partial charge in [0.05, 0.1) is 28.0 Å². The summed E-state index contributed by atoms with van der Waals surface area (Å²) in [7, 11) is -3.84. The molecule has 5 nitrogen and oxygen atoms in total. The van der Waals surface area contributed by atoms with Crippen molar-refractivity contribution in [2.24, 2.45) is 0 Å². The Hall–Kier alpha value is -1.33. The number of sulfonamides is 1. The highest BCUT2D eigenvalue weighted by atomic mass is 35.5. The van der Waals surface area contributed by atoms with Gasteiger partial charge in [0.25, 0.3) is 10.0 Å². The third-order valence-electron chi connectivity index (χ3n) is 2.31. The fourth-order valence-corrected chi connectivity index (χ4v) is 4.50. The molecule has 2 rings (SSSR count). The van der Waals surface area contributed by atoms with E-state index >= 15 is 0 Å². The minimum absolute atomic E-state index is 0.0147. The summed E-state index contributed by atoms with van der Waals surface area (Å²) in [6, 6.07) is 6.21. The third-order valence-corrected chi connectivity index (χ3v) is 5.88. The topological polar surface area (TPSA) is 82.8 Å². The van der Waals surface area contributed by atoms with Crippen LogP contribution < -0.4 is 4.72 Å². The number of hydrogen-bond donors (Lipinski definition) is 1. The van der Waals surface area contributed by atoms with Crippen LogP contribution >= 0.6 is 34.5 Å². The van der Waals surface area contributed by atoms with Gasteiger partial charge in [-0.25, -0.2) is 13.4 Å². The van der Waals surface area contributed by atoms with Gasteiger partial charge < -0.3 is 0 Å². The number of benzene rings is 1. The number of nitrogens with one attached hydrogen (secondary N) is 1. The van der Waals surface area contributed by atoms with Gasteiger partial charge in [-0.2, -0.15) is 5.26 Å². The predicted molar refractivity (Wildman–Crippen MR) is 78.8 cm³/mol. The summed E-state index contributed by atoms with van der Waals surface area (Å²) in [6.45, 7) is 1.55. The van der Waals surface area contributed by atoms with E-state index < -0.39 is 10.0 Å². The Balaban J connectivity index is 2.44. The summed E-state index contributed by atoms with van der Waals surface area (Å²) in [5.41, 5.74) is 0.737. The highest BCUT2D eigenvalue weighted by Gasteiger charge is 2.22. The Bertz CT molecular complexity index is 810. The molecule has 0 atom stereocenters. The number of rotatable bonds is 3. The molecule has 1 heterocycles. The maximum Gasteiger partial charge on any atom is 0.273 e. The second kappa shape index (κ2) is 5.58. The van der Waals surface area contributed by atoms with Crippen LogP contribution in [-0.2, 0) is 10.0 Å². The maximum absolute atomic E-state index is 12.2. The summed E-state index contributed by atoms with van der Waals surface area (Å²) < 4.78 is 27.0. The van der Waals surface area contributed by atoms with E-state index in [0.29, 0.717) is 11.3 Å². The van der Waals surface area contributed by atoms with Crippen LogP contribution in [0.5, 0.6) is 0 Å². The van der Waals surface area contributed by atoms with Gasteiger partial charge in [0, 0.05) is 0 Å². The molecule has 0 unspecified atom stereocenters. The minimum Gasteiger partial charge on any atom is -0.277 e. The number of aryl methyl sites for hydroxylation is 1. The molecule has 0 aliphatic rings. The van der Waals surface area contributed by atoms with Crippen LogP contribution in [0.2, 0.25) is 9.49 Å². The fourth-order valence-electron chi connectivity index (χ4n) is 1.46. The molecule has 0 radical (unpaired) electrons. The van der Waals surface area contributed by atoms with Gasteiger partial charge in [0.15, 0.2) is 8.68 Å². The molecule has 104 valence electrons. The van der Waals surface area contributed by atoms with Gasteiger partial charge in [-0.15, -0.1) is 0 Å². The standard InChI is InChI=1S/C11H7Cl2N3O2S2/c1-6-10(19-11(13)15-6)20(17,18)16-9-4-7(5-14)2-3-8(9)12/h2-4,16H,1H3. The highest BCUT2D eigenvalue weighted by molar-refractivity contribution is 7.94. The van der Waals surface area contributed by atoms with E-state index in [1.54, 1.807) is 6.92 Å². The van der Waals surface area contributed by atoms with Crippen molar-refractivity contribution in [2.45, 2.75) is 11.1 Å². The Morgan fingerprint density at radius 1 is 1.40 bits per heavy atom. The van der Waals surface area contributed by atoms with Crippen molar-refractivity contribution in [1.82, 2.24) is 4.98 Å². The van der Waals surface area contributed by atoms with E-state index in [0.717, 1.165) is 11.3 Å². The van der Waals surface area contributed by atoms with Crippen molar-refractivity contribution in [3.8, 4) is 6.07 Å². The Labute approximate surface area is 129 Å². The average Bonchev–Trinajstić information content (AvgIpc) is 2.72. The second-order valence-corrected chi connectivity index (χ2v) is 7.62. The first kappa shape index (κ1) is 15.1. The smallest absolute Gasteiger partial charge is 0.273 e. The van der Waals surface area contributed by atoms with Gasteiger partial charge >= 0.3 is 0 Å². The van der Waals surface area contributed by atoms with Crippen LogP contribution in [0, 0.1) is 18.3 Å². The predicted octanol–water partition coefficient (Wildman–Crippen LogP) is 3.43. The van der Waals surface area contributed by atoms with Gasteiger partial charge in [-0.1, -0.05) is 34.5 Å². The van der Waals surface area contributed by atoms with E-state index in [9.17, 15) is 8.42 Å². The number of aromatic nitrogens is 1. The molecular formula is C11H7Cl2N3O2S2. The second-order valence-electron chi connectivity index (χ2n) is 3.75. The molecular weight excluding hydrogens is 341 g/mol. The lowest BCUT2D eigenvalue weighted by Gasteiger charge is -2.08. The average molecular weight is 348 g/mol. The lowest BCUT2D eigenvalue weighted by molar-refractivity contribution is 0.602. The summed E-state index contributed by atoms with van der Waals surface area (Å²) in [4.78, 5) is 3.85. The largest absolute Gasteiger partial charge is 0.277 e. The third kappa shape index (κ3) is 3.04. The number of thiazole rings is 1. The van der Waals surface area contributed by atoms with Gasteiger partial charge in [-0.05, 0) is 25.1 Å². The summed E-state index contributed by atoms with van der Waals surface area (Å²) in [5, 5.41) is 9.02. The molecule has 1 N–H and O–H groups in total. The van der Waals surface area contributed by atoms with Crippen molar-refractivity contribution in [2.75, 3.05) is 4.72 Å². The van der Waals surface area contributed by atoms with Crippen LogP contribution in [0.3, 0.4) is 0 Å². The first-order valence-electron chi connectivity index (χ1n) is 5.19. The summed E-state index contributed by atoms with van der Waals surface area (Å²) >= 11 is 12.5. The molecule has 0 aliphatic heterocycles. The quantitative estimate of drug-likeness (QED) is 0.921. The maximum atomic E-state index is 12.2. The zero-order chi connectivity index (χ0) is 14.9. The Morgan fingerprint density at radius 3 is 2.65 bits per heavy atom. The van der Waals surface area contributed by atoms with Crippen molar-refractivity contribution in [1.29, 1.82) is 5.26 Å². The Morgan fingerprint density at radius 2 is 2.10 bits per heavy atom. The molecule has 0 saturated heterocycles. The van der Waals surface area contributed by atoms with Crippen molar-refractivity contribution in [3.63, 3.8) is 0 Å². The molecule has 0 bridgehead atoms. The fraction of sp³-hybridized carbons (Fsp3) is 0.0909. The van der Waals surface area contributed by atoms with E-state index in [4.69, 9.17) is 28.5 Å². The molecule has 20 heavy (non-hydrogen) atoms. The molecule has 0 amide bonds. The van der Waals surface area contributed by atoms with E-state index in [2.05, 4.69) is 9.71 Å². The molecule has 0 spiro atoms. The number of halogens is 2. The van der Waals surface area contributed by atoms with Crippen LogP contribution in [0.4, 0.5) is 5.69 Å². The van der Waals surface area contributed by atoms with Crippen LogP contribution in [0.1, 0.15) is 11.3 Å². The summed E-state index contributed by atoms with van der Waals surface area (Å²) in [5.74, 6) is 0. The van der Waals surface area contributed by atoms with E-state index in [1.165, 1.54) is 18.2 Å². The molecule has 9 heteroatoms. The van der Waals surface area contributed by atoms with Crippen LogP contribution in [-0.4, -0.2) is 13.4 Å². The SMILES string of the molecule is Cc1nc(Cl)sc1S(=O)(=O)Nc1cc(C#N)ccc1Cl. The van der Waals surface area contributed by atoms with Gasteiger partial charge in [0.2, 0.25) is 0 Å². The lowest BCUT2D eigenvalue weighted by Crippen LogP contribution is -2.13. The van der Waals surface area contributed by atoms with Gasteiger partial charge in [0.1, 0.15) is 0 Å². The van der Waals surface area contributed by atoms with E-state index in [-0.39, 0.29) is 19.4 Å². The molecule has 1 aromatic carbocycles. The molecule has 0 fully saturated rings. The van der Waals surface area contributed by atoms with Gasteiger partial charge in [-0.3, -0.25) is 4.72 Å². The number of nitriles is 1. The van der Waals surface area contributed by atoms with Crippen molar-refractivity contribution < 1.29 is 8.42 Å².